The minimum atomic E-state index is 0.838. The lowest BCUT2D eigenvalue weighted by molar-refractivity contribution is 0.475. The largest absolute Gasteiger partial charge is 0.316 e. The van der Waals surface area contributed by atoms with E-state index in [0.29, 0.717) is 0 Å². The predicted molar refractivity (Wildman–Crippen MR) is 61.0 cm³/mol. The Kier molecular flexibility index (Phi) is 8.53. The first-order chi connectivity index (χ1) is 6.16. The molecule has 0 fully saturated rings. The molecular formula is C12H27N. The SMILES string of the molecule is CCC(C)CNCCCCC(C)C. The lowest BCUT2D eigenvalue weighted by atomic mass is 10.1. The molecule has 1 unspecified atom stereocenters. The van der Waals surface area contributed by atoms with Crippen molar-refractivity contribution >= 4 is 0 Å². The third-order valence-corrected chi connectivity index (χ3v) is 2.57. The molecule has 0 aromatic heterocycles. The molecule has 0 saturated heterocycles. The molecular weight excluding hydrogens is 158 g/mol. The molecule has 0 spiro atoms. The average molecular weight is 185 g/mol. The molecule has 80 valence electrons. The Labute approximate surface area is 84.3 Å². The van der Waals surface area contributed by atoms with E-state index in [1.807, 2.05) is 0 Å². The van der Waals surface area contributed by atoms with Gasteiger partial charge in [-0.25, -0.2) is 0 Å². The highest BCUT2D eigenvalue weighted by atomic mass is 14.8. The van der Waals surface area contributed by atoms with Gasteiger partial charge in [-0.15, -0.1) is 0 Å². The summed E-state index contributed by atoms with van der Waals surface area (Å²) in [7, 11) is 0. The molecule has 13 heavy (non-hydrogen) atoms. The van der Waals surface area contributed by atoms with Crippen LogP contribution in [-0.2, 0) is 0 Å². The summed E-state index contributed by atoms with van der Waals surface area (Å²) >= 11 is 0. The Morgan fingerprint density at radius 2 is 1.77 bits per heavy atom. The smallest absolute Gasteiger partial charge is 0.00233 e. The summed E-state index contributed by atoms with van der Waals surface area (Å²) in [5.41, 5.74) is 0. The molecule has 0 aliphatic heterocycles. The van der Waals surface area contributed by atoms with Gasteiger partial charge in [-0.3, -0.25) is 0 Å². The lowest BCUT2D eigenvalue weighted by Crippen LogP contribution is -2.21. The normalized spacial score (nSPS) is 13.6. The van der Waals surface area contributed by atoms with Crippen molar-refractivity contribution in [1.29, 1.82) is 0 Å². The third-order valence-electron chi connectivity index (χ3n) is 2.57. The van der Waals surface area contributed by atoms with E-state index in [0.717, 1.165) is 11.8 Å². The van der Waals surface area contributed by atoms with E-state index in [9.17, 15) is 0 Å². The first-order valence-corrected chi connectivity index (χ1v) is 5.87. The van der Waals surface area contributed by atoms with Crippen LogP contribution in [0.25, 0.3) is 0 Å². The van der Waals surface area contributed by atoms with Gasteiger partial charge in [0.15, 0.2) is 0 Å². The van der Waals surface area contributed by atoms with E-state index in [1.165, 1.54) is 38.8 Å². The molecule has 0 bridgehead atoms. The van der Waals surface area contributed by atoms with Gasteiger partial charge in [0.05, 0.1) is 0 Å². The Morgan fingerprint density at radius 1 is 1.08 bits per heavy atom. The van der Waals surface area contributed by atoms with Crippen molar-refractivity contribution in [2.75, 3.05) is 13.1 Å². The number of nitrogens with one attached hydrogen (secondary N) is 1. The summed E-state index contributed by atoms with van der Waals surface area (Å²) in [6.45, 7) is 11.6. The summed E-state index contributed by atoms with van der Waals surface area (Å²) in [5, 5.41) is 3.51. The quantitative estimate of drug-likeness (QED) is 0.571. The fourth-order valence-electron chi connectivity index (χ4n) is 1.30. The van der Waals surface area contributed by atoms with Crippen LogP contribution in [0.5, 0.6) is 0 Å². The number of hydrogen-bond acceptors (Lipinski definition) is 1. The standard InChI is InChI=1S/C12H27N/c1-5-12(4)10-13-9-7-6-8-11(2)3/h11-13H,5-10H2,1-4H3. The maximum atomic E-state index is 3.51. The van der Waals surface area contributed by atoms with Gasteiger partial charge in [0, 0.05) is 0 Å². The summed E-state index contributed by atoms with van der Waals surface area (Å²) in [5.74, 6) is 1.71. The van der Waals surface area contributed by atoms with E-state index in [4.69, 9.17) is 0 Å². The van der Waals surface area contributed by atoms with Crippen molar-refractivity contribution in [2.24, 2.45) is 11.8 Å². The van der Waals surface area contributed by atoms with E-state index >= 15 is 0 Å². The Bertz CT molecular complexity index is 99.3. The van der Waals surface area contributed by atoms with Crippen LogP contribution in [-0.4, -0.2) is 13.1 Å². The Balaban J connectivity index is 2.99. The van der Waals surface area contributed by atoms with Crippen LogP contribution in [0.3, 0.4) is 0 Å². The van der Waals surface area contributed by atoms with Gasteiger partial charge in [-0.2, -0.15) is 0 Å². The highest BCUT2D eigenvalue weighted by Gasteiger charge is 1.97. The lowest BCUT2D eigenvalue weighted by Gasteiger charge is -2.10. The van der Waals surface area contributed by atoms with Gasteiger partial charge >= 0.3 is 0 Å². The maximum Gasteiger partial charge on any atom is -0.00233 e. The molecule has 1 nitrogen and oxygen atoms in total. The van der Waals surface area contributed by atoms with Crippen LogP contribution in [0, 0.1) is 11.8 Å². The van der Waals surface area contributed by atoms with Crippen molar-refractivity contribution in [2.45, 2.75) is 53.4 Å². The van der Waals surface area contributed by atoms with Gasteiger partial charge in [0.25, 0.3) is 0 Å². The summed E-state index contributed by atoms with van der Waals surface area (Å²) in [6, 6.07) is 0. The zero-order valence-corrected chi connectivity index (χ0v) is 9.90. The molecule has 0 rings (SSSR count). The first-order valence-electron chi connectivity index (χ1n) is 5.87. The summed E-state index contributed by atoms with van der Waals surface area (Å²) < 4.78 is 0. The van der Waals surface area contributed by atoms with Crippen molar-refractivity contribution in [3.05, 3.63) is 0 Å². The second-order valence-corrected chi connectivity index (χ2v) is 4.61. The van der Waals surface area contributed by atoms with E-state index in [2.05, 4.69) is 33.0 Å². The molecule has 0 aliphatic rings. The van der Waals surface area contributed by atoms with Crippen molar-refractivity contribution in [3.63, 3.8) is 0 Å². The molecule has 0 radical (unpaired) electrons. The molecule has 0 amide bonds. The van der Waals surface area contributed by atoms with E-state index in [1.54, 1.807) is 0 Å². The van der Waals surface area contributed by atoms with Gasteiger partial charge < -0.3 is 5.32 Å². The van der Waals surface area contributed by atoms with Crippen LogP contribution in [0.4, 0.5) is 0 Å². The van der Waals surface area contributed by atoms with Crippen LogP contribution < -0.4 is 5.32 Å². The minimum absolute atomic E-state index is 0.838. The van der Waals surface area contributed by atoms with E-state index < -0.39 is 0 Å². The Morgan fingerprint density at radius 3 is 2.31 bits per heavy atom. The molecule has 0 aromatic rings. The zero-order valence-electron chi connectivity index (χ0n) is 9.90. The van der Waals surface area contributed by atoms with Crippen LogP contribution >= 0.6 is 0 Å². The predicted octanol–water partition coefficient (Wildman–Crippen LogP) is 3.45. The number of rotatable bonds is 8. The first kappa shape index (κ1) is 13.0. The molecule has 1 N–H and O–H groups in total. The second-order valence-electron chi connectivity index (χ2n) is 4.61. The monoisotopic (exact) mass is 185 g/mol. The average Bonchev–Trinajstić information content (AvgIpc) is 2.10. The summed E-state index contributed by atoms with van der Waals surface area (Å²) in [6.07, 6.45) is 5.39. The van der Waals surface area contributed by atoms with Crippen LogP contribution in [0.15, 0.2) is 0 Å². The molecule has 0 saturated carbocycles. The fraction of sp³-hybridized carbons (Fsp3) is 1.00. The highest BCUT2D eigenvalue weighted by molar-refractivity contribution is 4.55. The number of unbranched alkanes of at least 4 members (excludes halogenated alkanes) is 1. The Hall–Kier alpha value is -0.0400. The van der Waals surface area contributed by atoms with Gasteiger partial charge in [-0.05, 0) is 31.3 Å². The topological polar surface area (TPSA) is 12.0 Å². The fourth-order valence-corrected chi connectivity index (χ4v) is 1.30. The van der Waals surface area contributed by atoms with Crippen LogP contribution in [0.2, 0.25) is 0 Å². The molecule has 1 heteroatoms. The van der Waals surface area contributed by atoms with Gasteiger partial charge in [0.1, 0.15) is 0 Å². The molecule has 1 atom stereocenters. The van der Waals surface area contributed by atoms with Crippen molar-refractivity contribution in [1.82, 2.24) is 5.32 Å². The number of hydrogen-bond donors (Lipinski definition) is 1. The second kappa shape index (κ2) is 8.55. The molecule has 0 aliphatic carbocycles. The van der Waals surface area contributed by atoms with E-state index in [-0.39, 0.29) is 0 Å². The van der Waals surface area contributed by atoms with Gasteiger partial charge in [-0.1, -0.05) is 47.0 Å². The summed E-state index contributed by atoms with van der Waals surface area (Å²) in [4.78, 5) is 0. The minimum Gasteiger partial charge on any atom is -0.316 e. The highest BCUT2D eigenvalue weighted by Crippen LogP contribution is 2.05. The van der Waals surface area contributed by atoms with Crippen molar-refractivity contribution in [3.8, 4) is 0 Å². The molecule has 0 aromatic carbocycles. The van der Waals surface area contributed by atoms with Gasteiger partial charge in [0.2, 0.25) is 0 Å². The van der Waals surface area contributed by atoms with Crippen LogP contribution in [0.1, 0.15) is 53.4 Å². The maximum absolute atomic E-state index is 3.51. The third kappa shape index (κ3) is 9.88. The molecule has 0 heterocycles. The zero-order chi connectivity index (χ0) is 10.1. The van der Waals surface area contributed by atoms with Crippen molar-refractivity contribution < 1.29 is 0 Å².